The molecule has 1 aromatic heterocycles. The van der Waals surface area contributed by atoms with Crippen LogP contribution < -0.4 is 0 Å². The van der Waals surface area contributed by atoms with Crippen LogP contribution in [0.1, 0.15) is 32.9 Å². The molecular formula is C11H16N2S. The number of aromatic nitrogens is 2. The van der Waals surface area contributed by atoms with E-state index in [1.54, 1.807) is 0 Å². The maximum Gasteiger partial charge on any atom is 0.105 e. The molecule has 1 atom stereocenters. The maximum atomic E-state index is 4.01. The van der Waals surface area contributed by atoms with Crippen molar-refractivity contribution in [2.45, 2.75) is 27.2 Å². The highest BCUT2D eigenvalue weighted by molar-refractivity contribution is 7.03. The summed E-state index contributed by atoms with van der Waals surface area (Å²) in [5.41, 5.74) is 2.21. The third-order valence-electron chi connectivity index (χ3n) is 1.97. The van der Waals surface area contributed by atoms with Gasteiger partial charge in [0.1, 0.15) is 5.69 Å². The van der Waals surface area contributed by atoms with Crippen molar-refractivity contribution < 1.29 is 0 Å². The van der Waals surface area contributed by atoms with Gasteiger partial charge in [-0.3, -0.25) is 0 Å². The van der Waals surface area contributed by atoms with Crippen LogP contribution in [0.15, 0.2) is 23.6 Å². The van der Waals surface area contributed by atoms with Crippen molar-refractivity contribution in [1.29, 1.82) is 0 Å². The summed E-state index contributed by atoms with van der Waals surface area (Å²) in [7, 11) is 0. The molecule has 0 amide bonds. The van der Waals surface area contributed by atoms with Crippen LogP contribution in [0.5, 0.6) is 0 Å². The van der Waals surface area contributed by atoms with Gasteiger partial charge < -0.3 is 0 Å². The highest BCUT2D eigenvalue weighted by atomic mass is 32.1. The van der Waals surface area contributed by atoms with Gasteiger partial charge in [0.15, 0.2) is 0 Å². The lowest BCUT2D eigenvalue weighted by Crippen LogP contribution is -1.94. The average Bonchev–Trinajstić information content (AvgIpc) is 2.75. The van der Waals surface area contributed by atoms with Crippen molar-refractivity contribution in [2.24, 2.45) is 5.92 Å². The molecule has 2 nitrogen and oxygen atoms in total. The fourth-order valence-electron chi connectivity index (χ4n) is 1.21. The lowest BCUT2D eigenvalue weighted by atomic mass is 9.97. The van der Waals surface area contributed by atoms with E-state index in [2.05, 4.69) is 34.7 Å². The molecule has 0 aliphatic heterocycles. The van der Waals surface area contributed by atoms with Gasteiger partial charge >= 0.3 is 0 Å². The van der Waals surface area contributed by atoms with E-state index in [0.717, 1.165) is 12.1 Å². The van der Waals surface area contributed by atoms with Gasteiger partial charge in [-0.2, -0.15) is 0 Å². The summed E-state index contributed by atoms with van der Waals surface area (Å²) in [4.78, 5) is 0. The Kier molecular flexibility index (Phi) is 4.53. The maximum absolute atomic E-state index is 4.01. The van der Waals surface area contributed by atoms with E-state index in [0.29, 0.717) is 5.92 Å². The van der Waals surface area contributed by atoms with E-state index >= 15 is 0 Å². The summed E-state index contributed by atoms with van der Waals surface area (Å²) in [5, 5.41) is 5.99. The number of rotatable bonds is 1. The molecule has 2 rings (SSSR count). The summed E-state index contributed by atoms with van der Waals surface area (Å²) in [6, 6.07) is 0. The van der Waals surface area contributed by atoms with Gasteiger partial charge in [0.25, 0.3) is 0 Å². The van der Waals surface area contributed by atoms with Gasteiger partial charge in [0.2, 0.25) is 0 Å². The first-order chi connectivity index (χ1) is 6.86. The Balaban J connectivity index is 0.000000461. The Hall–Kier alpha value is -0.960. The molecule has 76 valence electrons. The number of hydrogen-bond acceptors (Lipinski definition) is 3. The molecule has 0 saturated carbocycles. The Bertz CT molecular complexity index is 312. The molecule has 0 bridgehead atoms. The zero-order chi connectivity index (χ0) is 10.4. The minimum Gasteiger partial charge on any atom is -0.138 e. The van der Waals surface area contributed by atoms with E-state index in [-0.39, 0.29) is 0 Å². The molecule has 0 aromatic carbocycles. The van der Waals surface area contributed by atoms with Gasteiger partial charge in [0, 0.05) is 5.38 Å². The van der Waals surface area contributed by atoms with Crippen LogP contribution in [0.4, 0.5) is 0 Å². The standard InChI is InChI=1S/C9H10N2S.C2H6/c1-7-2-4-8(5-3-7)9-6-12-11-10-9;1-2/h2,4-7H,3H2,1H3;1-2H3. The summed E-state index contributed by atoms with van der Waals surface area (Å²) in [5.74, 6) is 0.667. The first-order valence-electron chi connectivity index (χ1n) is 5.02. The monoisotopic (exact) mass is 208 g/mol. The Labute approximate surface area is 89.5 Å². The first-order valence-corrected chi connectivity index (χ1v) is 5.85. The highest BCUT2D eigenvalue weighted by Gasteiger charge is 2.06. The van der Waals surface area contributed by atoms with Crippen LogP contribution in [0.25, 0.3) is 5.57 Å². The van der Waals surface area contributed by atoms with Crippen LogP contribution in [-0.2, 0) is 0 Å². The Morgan fingerprint density at radius 2 is 2.21 bits per heavy atom. The lowest BCUT2D eigenvalue weighted by molar-refractivity contribution is 0.738. The second-order valence-electron chi connectivity index (χ2n) is 3.02. The predicted molar refractivity (Wildman–Crippen MR) is 62.2 cm³/mol. The van der Waals surface area contributed by atoms with Crippen molar-refractivity contribution in [2.75, 3.05) is 0 Å². The third kappa shape index (κ3) is 2.77. The van der Waals surface area contributed by atoms with E-state index in [9.17, 15) is 0 Å². The molecule has 1 unspecified atom stereocenters. The van der Waals surface area contributed by atoms with Crippen molar-refractivity contribution in [1.82, 2.24) is 9.59 Å². The molecule has 3 heteroatoms. The van der Waals surface area contributed by atoms with Crippen LogP contribution >= 0.6 is 11.5 Å². The second kappa shape index (κ2) is 5.70. The van der Waals surface area contributed by atoms with Gasteiger partial charge in [-0.25, -0.2) is 0 Å². The second-order valence-corrected chi connectivity index (χ2v) is 3.63. The number of allylic oxidation sites excluding steroid dienone is 4. The predicted octanol–water partition coefficient (Wildman–Crippen LogP) is 3.54. The number of hydrogen-bond donors (Lipinski definition) is 0. The molecule has 0 saturated heterocycles. The van der Waals surface area contributed by atoms with Crippen molar-refractivity contribution in [3.05, 3.63) is 29.3 Å². The molecule has 0 fully saturated rings. The quantitative estimate of drug-likeness (QED) is 0.705. The lowest BCUT2D eigenvalue weighted by Gasteiger charge is -2.08. The summed E-state index contributed by atoms with van der Waals surface area (Å²) in [6.45, 7) is 6.21. The SMILES string of the molecule is CC.CC1C=CC(c2csnn2)=CC1. The van der Waals surface area contributed by atoms with Gasteiger partial charge in [0.05, 0.1) is 0 Å². The Morgan fingerprint density at radius 3 is 2.71 bits per heavy atom. The van der Waals surface area contributed by atoms with Crippen molar-refractivity contribution >= 4 is 17.1 Å². The van der Waals surface area contributed by atoms with E-state index in [1.807, 2.05) is 19.2 Å². The third-order valence-corrected chi connectivity index (χ3v) is 2.47. The molecule has 0 N–H and O–H groups in total. The topological polar surface area (TPSA) is 25.8 Å². The molecule has 1 aliphatic rings. The molecule has 0 radical (unpaired) electrons. The van der Waals surface area contributed by atoms with E-state index in [4.69, 9.17) is 0 Å². The molecule has 0 spiro atoms. The fraction of sp³-hybridized carbons (Fsp3) is 0.455. The van der Waals surface area contributed by atoms with Crippen LogP contribution in [0.2, 0.25) is 0 Å². The van der Waals surface area contributed by atoms with Crippen LogP contribution in [-0.4, -0.2) is 9.59 Å². The fourth-order valence-corrected chi connectivity index (χ4v) is 1.67. The average molecular weight is 208 g/mol. The first kappa shape index (κ1) is 11.1. The van der Waals surface area contributed by atoms with Crippen LogP contribution in [0, 0.1) is 5.92 Å². The molecule has 1 aromatic rings. The summed E-state index contributed by atoms with van der Waals surface area (Å²) in [6.07, 6.45) is 7.68. The number of nitrogens with zero attached hydrogens (tertiary/aromatic N) is 2. The zero-order valence-corrected chi connectivity index (χ0v) is 9.71. The van der Waals surface area contributed by atoms with Crippen molar-refractivity contribution in [3.63, 3.8) is 0 Å². The molecule has 14 heavy (non-hydrogen) atoms. The molecule has 1 heterocycles. The largest absolute Gasteiger partial charge is 0.138 e. The highest BCUT2D eigenvalue weighted by Crippen LogP contribution is 2.22. The zero-order valence-electron chi connectivity index (χ0n) is 8.90. The van der Waals surface area contributed by atoms with E-state index < -0.39 is 0 Å². The van der Waals surface area contributed by atoms with Gasteiger partial charge in [-0.05, 0) is 29.4 Å². The summed E-state index contributed by atoms with van der Waals surface area (Å²) < 4.78 is 3.83. The van der Waals surface area contributed by atoms with Crippen LogP contribution in [0.3, 0.4) is 0 Å². The van der Waals surface area contributed by atoms with Gasteiger partial charge in [-0.15, -0.1) is 5.10 Å². The van der Waals surface area contributed by atoms with E-state index in [1.165, 1.54) is 17.1 Å². The normalized spacial score (nSPS) is 19.6. The summed E-state index contributed by atoms with van der Waals surface area (Å²) >= 11 is 1.40. The smallest absolute Gasteiger partial charge is 0.105 e. The van der Waals surface area contributed by atoms with Gasteiger partial charge in [-0.1, -0.05) is 43.5 Å². The minimum atomic E-state index is 0.667. The Morgan fingerprint density at radius 1 is 1.43 bits per heavy atom. The van der Waals surface area contributed by atoms with Crippen molar-refractivity contribution in [3.8, 4) is 0 Å². The molecular weight excluding hydrogens is 192 g/mol. The molecule has 1 aliphatic carbocycles. The minimum absolute atomic E-state index is 0.667.